The minimum Gasteiger partial charge on any atom is -0.365 e. The largest absolute Gasteiger partial charge is 0.365 e. The number of fused-ring (bicyclic) bond motifs is 2. The summed E-state index contributed by atoms with van der Waals surface area (Å²) in [6.07, 6.45) is 3.59. The molecule has 26 heavy (non-hydrogen) atoms. The van der Waals surface area contributed by atoms with Crippen molar-refractivity contribution in [3.63, 3.8) is 0 Å². The van der Waals surface area contributed by atoms with Gasteiger partial charge in [-0.05, 0) is 25.0 Å². The number of nitro benzene ring substituents is 1. The second kappa shape index (κ2) is 6.33. The van der Waals surface area contributed by atoms with Crippen molar-refractivity contribution in [2.45, 2.75) is 33.2 Å². The molecule has 0 radical (unpaired) electrons. The maximum absolute atomic E-state index is 11.4. The lowest BCUT2D eigenvalue weighted by Crippen LogP contribution is -2.31. The number of aromatic nitrogens is 3. The van der Waals surface area contributed by atoms with Gasteiger partial charge in [-0.3, -0.25) is 10.1 Å². The van der Waals surface area contributed by atoms with Gasteiger partial charge >= 0.3 is 0 Å². The number of non-ortho nitro benzene ring substituents is 1. The molecule has 0 saturated carbocycles. The molecular formula is C19H19N5O2. The lowest BCUT2D eigenvalue weighted by Gasteiger charge is -2.31. The van der Waals surface area contributed by atoms with E-state index in [0.717, 1.165) is 47.7 Å². The third-order valence-electron chi connectivity index (χ3n) is 4.77. The van der Waals surface area contributed by atoms with Gasteiger partial charge in [0.1, 0.15) is 5.82 Å². The molecule has 2 aromatic heterocycles. The number of hydrogen-bond donors (Lipinski definition) is 0. The Labute approximate surface area is 150 Å². The van der Waals surface area contributed by atoms with Crippen LogP contribution in [0, 0.1) is 17.0 Å². The fourth-order valence-electron chi connectivity index (χ4n) is 3.47. The van der Waals surface area contributed by atoms with Crippen molar-refractivity contribution in [1.82, 2.24) is 15.0 Å². The molecule has 3 aromatic rings. The number of hydrogen-bond acceptors (Lipinski definition) is 6. The van der Waals surface area contributed by atoms with Gasteiger partial charge in [0.15, 0.2) is 5.52 Å². The Kier molecular flexibility index (Phi) is 3.99. The quantitative estimate of drug-likeness (QED) is 0.532. The van der Waals surface area contributed by atoms with E-state index in [4.69, 9.17) is 0 Å². The van der Waals surface area contributed by atoms with Gasteiger partial charge in [-0.1, -0.05) is 19.1 Å². The zero-order valence-corrected chi connectivity index (χ0v) is 14.8. The number of pyridine rings is 1. The van der Waals surface area contributed by atoms with E-state index in [1.54, 1.807) is 6.07 Å². The molecule has 7 heteroatoms. The van der Waals surface area contributed by atoms with Gasteiger partial charge in [-0.25, -0.2) is 15.0 Å². The smallest absolute Gasteiger partial charge is 0.295 e. The summed E-state index contributed by atoms with van der Waals surface area (Å²) in [6.45, 7) is 5.41. The van der Waals surface area contributed by atoms with Crippen molar-refractivity contribution in [3.05, 3.63) is 63.4 Å². The van der Waals surface area contributed by atoms with Crippen LogP contribution in [0.15, 0.2) is 30.5 Å². The number of nitrogens with zero attached hydrogens (tertiary/aromatic N) is 5. The minimum atomic E-state index is -0.370. The van der Waals surface area contributed by atoms with E-state index in [1.165, 1.54) is 11.6 Å². The van der Waals surface area contributed by atoms with E-state index >= 15 is 0 Å². The third kappa shape index (κ3) is 2.75. The Morgan fingerprint density at radius 1 is 1.31 bits per heavy atom. The van der Waals surface area contributed by atoms with Crippen LogP contribution in [-0.4, -0.2) is 26.4 Å². The minimum absolute atomic E-state index is 0.0421. The van der Waals surface area contributed by atoms with E-state index in [1.807, 2.05) is 32.2 Å². The fourth-order valence-corrected chi connectivity index (χ4v) is 3.47. The van der Waals surface area contributed by atoms with E-state index in [9.17, 15) is 10.1 Å². The van der Waals surface area contributed by atoms with Crippen LogP contribution < -0.4 is 4.90 Å². The SMILES string of the molecule is CCc1ncc2c(n1)CN(c1cc(C)nc3c([N+](=O)[O-])cccc13)CC2. The van der Waals surface area contributed by atoms with Crippen molar-refractivity contribution in [3.8, 4) is 0 Å². The first kappa shape index (κ1) is 16.4. The van der Waals surface area contributed by atoms with Crippen molar-refractivity contribution in [1.29, 1.82) is 0 Å². The number of nitro groups is 1. The first-order valence-corrected chi connectivity index (χ1v) is 8.70. The molecule has 4 rings (SSSR count). The number of benzene rings is 1. The lowest BCUT2D eigenvalue weighted by molar-refractivity contribution is -0.383. The molecule has 3 heterocycles. The Balaban J connectivity index is 1.82. The zero-order chi connectivity index (χ0) is 18.3. The molecule has 0 unspecified atom stereocenters. The zero-order valence-electron chi connectivity index (χ0n) is 14.8. The first-order valence-electron chi connectivity index (χ1n) is 8.70. The Morgan fingerprint density at radius 2 is 2.15 bits per heavy atom. The van der Waals surface area contributed by atoms with Crippen LogP contribution >= 0.6 is 0 Å². The summed E-state index contributed by atoms with van der Waals surface area (Å²) in [6, 6.07) is 7.12. The highest BCUT2D eigenvalue weighted by atomic mass is 16.6. The lowest BCUT2D eigenvalue weighted by atomic mass is 10.0. The Morgan fingerprint density at radius 3 is 2.92 bits per heavy atom. The molecule has 1 aromatic carbocycles. The van der Waals surface area contributed by atoms with Crippen molar-refractivity contribution in [2.24, 2.45) is 0 Å². The van der Waals surface area contributed by atoms with Gasteiger partial charge in [0, 0.05) is 42.0 Å². The molecule has 0 bridgehead atoms. The molecule has 1 aliphatic heterocycles. The first-order chi connectivity index (χ1) is 12.6. The van der Waals surface area contributed by atoms with Gasteiger partial charge in [0.2, 0.25) is 0 Å². The molecule has 1 aliphatic rings. The van der Waals surface area contributed by atoms with Gasteiger partial charge in [-0.2, -0.15) is 0 Å². The number of rotatable bonds is 3. The second-order valence-electron chi connectivity index (χ2n) is 6.50. The van der Waals surface area contributed by atoms with Gasteiger partial charge < -0.3 is 4.90 Å². The standard InChI is InChI=1S/C19H19N5O2/c1-3-18-20-10-13-7-8-23(11-15(13)22-18)17-9-12(2)21-19-14(17)5-4-6-16(19)24(25)26/h4-6,9-10H,3,7-8,11H2,1-2H3. The van der Waals surface area contributed by atoms with Gasteiger partial charge in [-0.15, -0.1) is 0 Å². The highest BCUT2D eigenvalue weighted by molar-refractivity contribution is 5.97. The molecule has 0 spiro atoms. The maximum atomic E-state index is 11.4. The van der Waals surface area contributed by atoms with Crippen LogP contribution in [0.2, 0.25) is 0 Å². The van der Waals surface area contributed by atoms with Crippen molar-refractivity contribution < 1.29 is 4.92 Å². The number of aryl methyl sites for hydroxylation is 2. The summed E-state index contributed by atoms with van der Waals surface area (Å²) in [5, 5.41) is 12.2. The molecule has 0 atom stereocenters. The average molecular weight is 349 g/mol. The Bertz CT molecular complexity index is 1020. The molecular weight excluding hydrogens is 330 g/mol. The summed E-state index contributed by atoms with van der Waals surface area (Å²) in [5.41, 5.74) is 4.44. The molecule has 0 aliphatic carbocycles. The van der Waals surface area contributed by atoms with Gasteiger partial charge in [0.25, 0.3) is 5.69 Å². The van der Waals surface area contributed by atoms with Crippen LogP contribution in [-0.2, 0) is 19.4 Å². The van der Waals surface area contributed by atoms with E-state index < -0.39 is 0 Å². The molecule has 0 saturated heterocycles. The maximum Gasteiger partial charge on any atom is 0.295 e. The monoisotopic (exact) mass is 349 g/mol. The summed E-state index contributed by atoms with van der Waals surface area (Å²) in [7, 11) is 0. The topological polar surface area (TPSA) is 85.0 Å². The fraction of sp³-hybridized carbons (Fsp3) is 0.316. The van der Waals surface area contributed by atoms with E-state index in [0.29, 0.717) is 12.1 Å². The normalized spacial score (nSPS) is 13.7. The summed E-state index contributed by atoms with van der Waals surface area (Å²) in [5.74, 6) is 0.844. The predicted molar refractivity (Wildman–Crippen MR) is 99.3 cm³/mol. The van der Waals surface area contributed by atoms with Crippen LogP contribution in [0.5, 0.6) is 0 Å². The summed E-state index contributed by atoms with van der Waals surface area (Å²) >= 11 is 0. The highest BCUT2D eigenvalue weighted by Crippen LogP contribution is 2.34. The molecule has 132 valence electrons. The number of para-hydroxylation sites is 1. The second-order valence-corrected chi connectivity index (χ2v) is 6.50. The highest BCUT2D eigenvalue weighted by Gasteiger charge is 2.23. The van der Waals surface area contributed by atoms with E-state index in [2.05, 4.69) is 19.9 Å². The molecule has 0 N–H and O–H groups in total. The summed E-state index contributed by atoms with van der Waals surface area (Å²) in [4.78, 5) is 26.7. The van der Waals surface area contributed by atoms with E-state index in [-0.39, 0.29) is 10.6 Å². The molecule has 0 fully saturated rings. The van der Waals surface area contributed by atoms with Crippen molar-refractivity contribution >= 4 is 22.3 Å². The molecule has 7 nitrogen and oxygen atoms in total. The predicted octanol–water partition coefficient (Wildman–Crippen LogP) is 3.37. The third-order valence-corrected chi connectivity index (χ3v) is 4.77. The van der Waals surface area contributed by atoms with Gasteiger partial charge in [0.05, 0.1) is 17.2 Å². The average Bonchev–Trinajstić information content (AvgIpc) is 2.65. The van der Waals surface area contributed by atoms with Crippen LogP contribution in [0.4, 0.5) is 11.4 Å². The van der Waals surface area contributed by atoms with Crippen LogP contribution in [0.3, 0.4) is 0 Å². The van der Waals surface area contributed by atoms with Crippen LogP contribution in [0.1, 0.15) is 29.7 Å². The van der Waals surface area contributed by atoms with Crippen LogP contribution in [0.25, 0.3) is 10.9 Å². The summed E-state index contributed by atoms with van der Waals surface area (Å²) < 4.78 is 0. The molecule has 0 amide bonds. The Hall–Kier alpha value is -3.09. The number of anilines is 1. The van der Waals surface area contributed by atoms with Crippen molar-refractivity contribution in [2.75, 3.05) is 11.4 Å².